The fourth-order valence-electron chi connectivity index (χ4n) is 6.42. The van der Waals surface area contributed by atoms with E-state index in [0.717, 1.165) is 74.5 Å². The Balaban J connectivity index is 0.000000250. The lowest BCUT2D eigenvalue weighted by Crippen LogP contribution is -2.51. The van der Waals surface area contributed by atoms with Crippen LogP contribution in [0.4, 0.5) is 21.0 Å². The van der Waals surface area contributed by atoms with E-state index < -0.39 is 15.5 Å². The van der Waals surface area contributed by atoms with E-state index in [9.17, 15) is 9.59 Å². The number of anilines is 2. The van der Waals surface area contributed by atoms with Crippen molar-refractivity contribution in [2.45, 2.75) is 114 Å². The lowest BCUT2D eigenvalue weighted by molar-refractivity contribution is -0.0194. The highest BCUT2D eigenvalue weighted by atomic mass is 35.6. The number of piperidine rings is 2. The van der Waals surface area contributed by atoms with Crippen molar-refractivity contribution in [1.82, 2.24) is 9.80 Å². The van der Waals surface area contributed by atoms with Crippen molar-refractivity contribution in [1.29, 1.82) is 0 Å². The van der Waals surface area contributed by atoms with E-state index in [1.165, 1.54) is 0 Å². The molecule has 2 aromatic carbocycles. The summed E-state index contributed by atoms with van der Waals surface area (Å²) >= 11 is 20.7. The van der Waals surface area contributed by atoms with Crippen molar-refractivity contribution in [3.8, 4) is 11.5 Å². The van der Waals surface area contributed by atoms with Gasteiger partial charge in [-0.05, 0) is 65.8 Å². The van der Waals surface area contributed by atoms with Gasteiger partial charge in [0.05, 0.1) is 16.4 Å². The quantitative estimate of drug-likeness (QED) is 0.254. The molecule has 0 atom stereocenters. The first-order valence-electron chi connectivity index (χ1n) is 17.5. The van der Waals surface area contributed by atoms with Gasteiger partial charge in [-0.2, -0.15) is 0 Å². The first kappa shape index (κ1) is 43.7. The number of likely N-dealkylation sites (tertiary alicyclic amines) is 2. The molecular formula is C38H56Cl4N4O6. The van der Waals surface area contributed by atoms with Crippen LogP contribution in [0.3, 0.4) is 0 Å². The maximum Gasteiger partial charge on any atom is 0.410 e. The highest BCUT2D eigenvalue weighted by Crippen LogP contribution is 2.41. The summed E-state index contributed by atoms with van der Waals surface area (Å²) in [6.07, 6.45) is 4.63. The third-order valence-electron chi connectivity index (χ3n) is 8.95. The molecule has 0 radical (unpaired) electrons. The highest BCUT2D eigenvalue weighted by Gasteiger charge is 2.41. The van der Waals surface area contributed by atoms with Crippen LogP contribution in [0, 0.1) is 0 Å². The number of hydrogen-bond donors (Lipinski definition) is 2. The Morgan fingerprint density at radius 1 is 0.692 bits per heavy atom. The SMILES string of the molecule is C.CC(C)(C)OC(=O)N1CCC2(CCNc3c(Cl)cccc3O2)CC1.CC(C)(C)OC(=O)N1CCC2(CCNc3ccccc3O2)CC1.ClC(Cl)Cl. The topological polar surface area (TPSA) is 102 Å². The van der Waals surface area contributed by atoms with Crippen molar-refractivity contribution < 1.29 is 28.5 Å². The zero-order chi connectivity index (χ0) is 37.5. The molecule has 2 saturated heterocycles. The van der Waals surface area contributed by atoms with Gasteiger partial charge in [0.2, 0.25) is 0 Å². The minimum Gasteiger partial charge on any atom is -0.485 e. The zero-order valence-corrected chi connectivity index (χ0v) is 33.5. The Hall–Kier alpha value is -2.66. The summed E-state index contributed by atoms with van der Waals surface area (Å²) in [6, 6.07) is 13.8. The van der Waals surface area contributed by atoms with Gasteiger partial charge < -0.3 is 39.4 Å². The maximum absolute atomic E-state index is 12.2. The van der Waals surface area contributed by atoms with E-state index in [0.29, 0.717) is 31.2 Å². The van der Waals surface area contributed by atoms with Crippen molar-refractivity contribution >= 4 is 70.0 Å². The summed E-state index contributed by atoms with van der Waals surface area (Å²) in [5, 5.41) is 7.48. The van der Waals surface area contributed by atoms with Gasteiger partial charge in [0.1, 0.15) is 33.9 Å². The van der Waals surface area contributed by atoms with Gasteiger partial charge in [0.25, 0.3) is 0 Å². The molecule has 0 bridgehead atoms. The summed E-state index contributed by atoms with van der Waals surface area (Å²) in [5.74, 6) is 1.71. The van der Waals surface area contributed by atoms with E-state index in [-0.39, 0.29) is 30.8 Å². The lowest BCUT2D eigenvalue weighted by Gasteiger charge is -2.41. The second-order valence-corrected chi connectivity index (χ2v) is 17.6. The molecule has 2 fully saturated rings. The number of fused-ring (bicyclic) bond motifs is 2. The number of nitrogens with one attached hydrogen (secondary N) is 2. The molecule has 2 aromatic rings. The number of carbonyl (C=O) groups is 2. The number of rotatable bonds is 0. The van der Waals surface area contributed by atoms with Crippen LogP contribution >= 0.6 is 46.4 Å². The van der Waals surface area contributed by atoms with Gasteiger partial charge >= 0.3 is 12.2 Å². The summed E-state index contributed by atoms with van der Waals surface area (Å²) in [6.45, 7) is 15.7. The van der Waals surface area contributed by atoms with E-state index in [4.69, 9.17) is 65.4 Å². The Labute approximate surface area is 330 Å². The zero-order valence-electron chi connectivity index (χ0n) is 30.5. The average molecular weight is 807 g/mol. The molecule has 52 heavy (non-hydrogen) atoms. The first-order valence-corrected chi connectivity index (χ1v) is 19.2. The third kappa shape index (κ3) is 13.0. The minimum atomic E-state index is -0.750. The Bertz CT molecular complexity index is 1460. The molecule has 2 spiro atoms. The molecule has 0 saturated carbocycles. The van der Waals surface area contributed by atoms with Crippen LogP contribution in [0.1, 0.15) is 87.5 Å². The minimum absolute atomic E-state index is 0. The molecule has 4 heterocycles. The van der Waals surface area contributed by atoms with Crippen molar-refractivity contribution in [2.24, 2.45) is 0 Å². The summed E-state index contributed by atoms with van der Waals surface area (Å²) in [4.78, 5) is 28.0. The number of halogens is 4. The van der Waals surface area contributed by atoms with Gasteiger partial charge in [-0.1, -0.05) is 72.0 Å². The normalized spacial score (nSPS) is 18.7. The van der Waals surface area contributed by atoms with Gasteiger partial charge in [-0.25, -0.2) is 9.59 Å². The van der Waals surface area contributed by atoms with Gasteiger partial charge in [-0.15, -0.1) is 0 Å². The first-order chi connectivity index (χ1) is 23.9. The molecule has 0 aromatic heterocycles. The van der Waals surface area contributed by atoms with Crippen LogP contribution in [-0.4, -0.2) is 88.0 Å². The number of benzene rings is 2. The molecule has 4 aliphatic rings. The summed E-state index contributed by atoms with van der Waals surface area (Å²) in [7, 11) is 0. The monoisotopic (exact) mass is 804 g/mol. The molecule has 6 rings (SSSR count). The average Bonchev–Trinajstić information content (AvgIpc) is 3.32. The van der Waals surface area contributed by atoms with E-state index in [1.54, 1.807) is 9.80 Å². The molecule has 0 aliphatic carbocycles. The van der Waals surface area contributed by atoms with E-state index >= 15 is 0 Å². The largest absolute Gasteiger partial charge is 0.485 e. The van der Waals surface area contributed by atoms with Crippen LogP contribution < -0.4 is 20.1 Å². The summed E-state index contributed by atoms with van der Waals surface area (Å²) in [5.41, 5.74) is 0.572. The maximum atomic E-state index is 12.2. The number of nitrogens with zero attached hydrogens (tertiary/aromatic N) is 2. The fourth-order valence-corrected chi connectivity index (χ4v) is 6.65. The van der Waals surface area contributed by atoms with Gasteiger partial charge in [0, 0.05) is 77.8 Å². The van der Waals surface area contributed by atoms with Crippen LogP contribution in [0.25, 0.3) is 0 Å². The summed E-state index contributed by atoms with van der Waals surface area (Å²) < 4.78 is 22.9. The Kier molecular flexibility index (Phi) is 15.6. The Morgan fingerprint density at radius 3 is 1.60 bits per heavy atom. The molecule has 10 nitrogen and oxygen atoms in total. The predicted molar refractivity (Wildman–Crippen MR) is 213 cm³/mol. The second-order valence-electron chi connectivity index (χ2n) is 15.2. The molecule has 4 aliphatic heterocycles. The second kappa shape index (κ2) is 18.6. The van der Waals surface area contributed by atoms with Crippen LogP contribution in [0.2, 0.25) is 5.02 Å². The predicted octanol–water partition coefficient (Wildman–Crippen LogP) is 10.6. The molecule has 292 valence electrons. The fraction of sp³-hybridized carbons (Fsp3) is 0.632. The molecule has 2 amide bonds. The van der Waals surface area contributed by atoms with Crippen molar-refractivity contribution in [3.05, 3.63) is 47.5 Å². The van der Waals surface area contributed by atoms with E-state index in [2.05, 4.69) is 10.6 Å². The highest BCUT2D eigenvalue weighted by molar-refractivity contribution is 6.63. The van der Waals surface area contributed by atoms with Crippen molar-refractivity contribution in [2.75, 3.05) is 49.9 Å². The van der Waals surface area contributed by atoms with Gasteiger partial charge in [-0.3, -0.25) is 0 Å². The standard InChI is InChI=1S/C18H25ClN2O3.C18H26N2O3.CHCl3.CH4/c1-17(2,3)24-16(22)21-11-8-18(9-12-21)7-10-20-15-13(19)5-4-6-14(15)23-18;1-17(2,3)23-16(21)20-12-9-18(10-13-20)8-11-19-14-6-4-5-7-15(14)22-18;2-1(3)4;/h4-6,20H,7-12H2,1-3H3;4-7,19H,8-13H2,1-3H3;1H;1H4. The molecule has 2 N–H and O–H groups in total. The molecule has 0 unspecified atom stereocenters. The molecule has 14 heteroatoms. The number of alkyl halides is 3. The smallest absolute Gasteiger partial charge is 0.410 e. The molecular weight excluding hydrogens is 750 g/mol. The lowest BCUT2D eigenvalue weighted by atomic mass is 9.88. The van der Waals surface area contributed by atoms with Gasteiger partial charge in [0.15, 0.2) is 4.30 Å². The number of ether oxygens (including phenoxy) is 4. The van der Waals surface area contributed by atoms with Crippen LogP contribution in [0.5, 0.6) is 11.5 Å². The van der Waals surface area contributed by atoms with Crippen LogP contribution in [0.15, 0.2) is 42.5 Å². The van der Waals surface area contributed by atoms with Crippen LogP contribution in [-0.2, 0) is 9.47 Å². The number of para-hydroxylation sites is 3. The number of hydrogen-bond acceptors (Lipinski definition) is 8. The van der Waals surface area contributed by atoms with E-state index in [1.807, 2.05) is 84.0 Å². The third-order valence-corrected chi connectivity index (χ3v) is 9.26. The number of carbonyl (C=O) groups excluding carboxylic acids is 2. The van der Waals surface area contributed by atoms with Crippen molar-refractivity contribution in [3.63, 3.8) is 0 Å². The Morgan fingerprint density at radius 2 is 1.12 bits per heavy atom. The number of amides is 2.